The molecule has 2 rings (SSSR count). The van der Waals surface area contributed by atoms with Gasteiger partial charge in [-0.15, -0.1) is 0 Å². The lowest BCUT2D eigenvalue weighted by Crippen LogP contribution is -2.37. The lowest BCUT2D eigenvalue weighted by atomic mass is 10.2. The van der Waals surface area contributed by atoms with Crippen molar-refractivity contribution in [2.24, 2.45) is 0 Å². The summed E-state index contributed by atoms with van der Waals surface area (Å²) in [5, 5.41) is 3.49. The Balaban J connectivity index is 1.92. The zero-order valence-corrected chi connectivity index (χ0v) is 9.88. The summed E-state index contributed by atoms with van der Waals surface area (Å²) < 4.78 is 0. The van der Waals surface area contributed by atoms with Crippen molar-refractivity contribution >= 4 is 5.91 Å². The molecule has 1 spiro atoms. The molecule has 1 atom stereocenters. The van der Waals surface area contributed by atoms with Crippen LogP contribution >= 0.6 is 0 Å². The highest BCUT2D eigenvalue weighted by atomic mass is 16.2. The van der Waals surface area contributed by atoms with E-state index in [4.69, 9.17) is 0 Å². The molecular formula is C12H22N2O. The van der Waals surface area contributed by atoms with Crippen molar-refractivity contribution in [2.75, 3.05) is 6.54 Å². The van der Waals surface area contributed by atoms with Crippen LogP contribution in [0.15, 0.2) is 0 Å². The minimum atomic E-state index is -0.118. The van der Waals surface area contributed by atoms with E-state index in [2.05, 4.69) is 24.1 Å². The molecule has 0 radical (unpaired) electrons. The molecule has 86 valence electrons. The van der Waals surface area contributed by atoms with Crippen LogP contribution in [0.5, 0.6) is 0 Å². The molecule has 2 fully saturated rings. The van der Waals surface area contributed by atoms with E-state index in [-0.39, 0.29) is 5.54 Å². The van der Waals surface area contributed by atoms with Gasteiger partial charge in [0.05, 0.1) is 11.7 Å². The summed E-state index contributed by atoms with van der Waals surface area (Å²) in [6, 6.07) is 0. The van der Waals surface area contributed by atoms with Crippen LogP contribution in [0.3, 0.4) is 0 Å². The minimum absolute atomic E-state index is 0.118. The molecule has 3 nitrogen and oxygen atoms in total. The lowest BCUT2D eigenvalue weighted by Gasteiger charge is -2.22. The van der Waals surface area contributed by atoms with Crippen LogP contribution in [0.4, 0.5) is 0 Å². The van der Waals surface area contributed by atoms with Crippen molar-refractivity contribution in [2.45, 2.75) is 64.1 Å². The molecule has 1 unspecified atom stereocenters. The molecule has 1 amide bonds. The van der Waals surface area contributed by atoms with Gasteiger partial charge < -0.3 is 4.90 Å². The van der Waals surface area contributed by atoms with Crippen LogP contribution in [-0.4, -0.2) is 29.1 Å². The van der Waals surface area contributed by atoms with Gasteiger partial charge in [-0.3, -0.25) is 10.1 Å². The number of carbonyl (C=O) groups excluding carboxylic acids is 1. The Labute approximate surface area is 92.2 Å². The standard InChI is InChI=1S/C12H22N2O/c1-3-5-6-9-14-10(4-2)13-12(7-8-12)11(14)15/h10,13H,3-9H2,1-2H3. The Morgan fingerprint density at radius 2 is 2.13 bits per heavy atom. The Morgan fingerprint density at radius 3 is 2.67 bits per heavy atom. The van der Waals surface area contributed by atoms with Crippen molar-refractivity contribution in [1.82, 2.24) is 10.2 Å². The highest BCUT2D eigenvalue weighted by Gasteiger charge is 2.58. The van der Waals surface area contributed by atoms with Crippen LogP contribution in [0, 0.1) is 0 Å². The highest BCUT2D eigenvalue weighted by molar-refractivity contribution is 5.91. The summed E-state index contributed by atoms with van der Waals surface area (Å²) in [7, 11) is 0. The van der Waals surface area contributed by atoms with Crippen LogP contribution in [-0.2, 0) is 4.79 Å². The third-order valence-corrected chi connectivity index (χ3v) is 3.63. The van der Waals surface area contributed by atoms with E-state index in [1.807, 2.05) is 0 Å². The summed E-state index contributed by atoms with van der Waals surface area (Å²) in [6.07, 6.45) is 7.02. The Bertz CT molecular complexity index is 248. The summed E-state index contributed by atoms with van der Waals surface area (Å²) in [6.45, 7) is 5.29. The van der Waals surface area contributed by atoms with Gasteiger partial charge in [0.1, 0.15) is 0 Å². The second-order valence-corrected chi connectivity index (χ2v) is 4.86. The Hall–Kier alpha value is -0.570. The van der Waals surface area contributed by atoms with E-state index in [0.717, 1.165) is 32.2 Å². The minimum Gasteiger partial charge on any atom is -0.326 e. The molecule has 15 heavy (non-hydrogen) atoms. The van der Waals surface area contributed by atoms with Crippen molar-refractivity contribution in [3.8, 4) is 0 Å². The molecule has 2 aliphatic rings. The van der Waals surface area contributed by atoms with Gasteiger partial charge in [0, 0.05) is 6.54 Å². The summed E-state index contributed by atoms with van der Waals surface area (Å²) in [4.78, 5) is 14.2. The second kappa shape index (κ2) is 4.12. The fraction of sp³-hybridized carbons (Fsp3) is 0.917. The van der Waals surface area contributed by atoms with E-state index in [0.29, 0.717) is 12.1 Å². The lowest BCUT2D eigenvalue weighted by molar-refractivity contribution is -0.130. The molecule has 0 bridgehead atoms. The van der Waals surface area contributed by atoms with Gasteiger partial charge in [-0.25, -0.2) is 0 Å². The summed E-state index contributed by atoms with van der Waals surface area (Å²) in [5.41, 5.74) is -0.118. The van der Waals surface area contributed by atoms with Gasteiger partial charge in [0.2, 0.25) is 5.91 Å². The predicted octanol–water partition coefficient (Wildman–Crippen LogP) is 1.88. The van der Waals surface area contributed by atoms with Gasteiger partial charge >= 0.3 is 0 Å². The molecular weight excluding hydrogens is 188 g/mol. The fourth-order valence-corrected chi connectivity index (χ4v) is 2.47. The molecule has 1 heterocycles. The van der Waals surface area contributed by atoms with Crippen LogP contribution in [0.1, 0.15) is 52.4 Å². The first kappa shape index (κ1) is 10.9. The largest absolute Gasteiger partial charge is 0.326 e. The first-order chi connectivity index (χ1) is 7.23. The van der Waals surface area contributed by atoms with Crippen molar-refractivity contribution < 1.29 is 4.79 Å². The monoisotopic (exact) mass is 210 g/mol. The number of amides is 1. The van der Waals surface area contributed by atoms with Gasteiger partial charge in [-0.1, -0.05) is 26.7 Å². The average molecular weight is 210 g/mol. The van der Waals surface area contributed by atoms with Gasteiger partial charge in [-0.2, -0.15) is 0 Å². The molecule has 3 heteroatoms. The van der Waals surface area contributed by atoms with Crippen molar-refractivity contribution in [3.63, 3.8) is 0 Å². The smallest absolute Gasteiger partial charge is 0.244 e. The van der Waals surface area contributed by atoms with Gasteiger partial charge in [0.15, 0.2) is 0 Å². The number of rotatable bonds is 5. The van der Waals surface area contributed by atoms with Crippen molar-refractivity contribution in [1.29, 1.82) is 0 Å². The first-order valence-electron chi connectivity index (χ1n) is 6.32. The maximum atomic E-state index is 12.1. The SMILES string of the molecule is CCCCCN1C(=O)C2(CC2)NC1CC. The number of carbonyl (C=O) groups is 1. The molecule has 1 aliphatic carbocycles. The molecule has 1 saturated heterocycles. The fourth-order valence-electron chi connectivity index (χ4n) is 2.47. The molecule has 0 aromatic heterocycles. The number of unbranched alkanes of at least 4 members (excludes halogenated alkanes) is 2. The maximum Gasteiger partial charge on any atom is 0.244 e. The van der Waals surface area contributed by atoms with Crippen LogP contribution in [0.2, 0.25) is 0 Å². The summed E-state index contributed by atoms with van der Waals surface area (Å²) in [5.74, 6) is 0.366. The highest BCUT2D eigenvalue weighted by Crippen LogP contribution is 2.42. The van der Waals surface area contributed by atoms with E-state index < -0.39 is 0 Å². The van der Waals surface area contributed by atoms with E-state index >= 15 is 0 Å². The zero-order valence-electron chi connectivity index (χ0n) is 9.88. The third-order valence-electron chi connectivity index (χ3n) is 3.63. The summed E-state index contributed by atoms with van der Waals surface area (Å²) >= 11 is 0. The Morgan fingerprint density at radius 1 is 1.40 bits per heavy atom. The van der Waals surface area contributed by atoms with Gasteiger partial charge in [-0.05, 0) is 25.7 Å². The van der Waals surface area contributed by atoms with Crippen molar-refractivity contribution in [3.05, 3.63) is 0 Å². The van der Waals surface area contributed by atoms with Crippen LogP contribution < -0.4 is 5.32 Å². The quantitative estimate of drug-likeness (QED) is 0.703. The number of hydrogen-bond donors (Lipinski definition) is 1. The maximum absolute atomic E-state index is 12.1. The van der Waals surface area contributed by atoms with Gasteiger partial charge in [0.25, 0.3) is 0 Å². The average Bonchev–Trinajstić information content (AvgIpc) is 2.96. The van der Waals surface area contributed by atoms with Crippen LogP contribution in [0.25, 0.3) is 0 Å². The predicted molar refractivity (Wildman–Crippen MR) is 60.4 cm³/mol. The molecule has 0 aromatic rings. The number of hydrogen-bond acceptors (Lipinski definition) is 2. The topological polar surface area (TPSA) is 32.3 Å². The number of nitrogens with one attached hydrogen (secondary N) is 1. The first-order valence-corrected chi connectivity index (χ1v) is 6.32. The third kappa shape index (κ3) is 1.89. The zero-order chi connectivity index (χ0) is 10.9. The van der Waals surface area contributed by atoms with E-state index in [1.54, 1.807) is 0 Å². The van der Waals surface area contributed by atoms with E-state index in [1.165, 1.54) is 12.8 Å². The molecule has 0 aromatic carbocycles. The molecule has 1 saturated carbocycles. The molecule has 1 aliphatic heterocycles. The Kier molecular flexibility index (Phi) is 3.01. The molecule has 1 N–H and O–H groups in total. The number of nitrogens with zero attached hydrogens (tertiary/aromatic N) is 1. The normalized spacial score (nSPS) is 27.7. The van der Waals surface area contributed by atoms with E-state index in [9.17, 15) is 4.79 Å². The second-order valence-electron chi connectivity index (χ2n) is 4.86.